The summed E-state index contributed by atoms with van der Waals surface area (Å²) in [6.45, 7) is 3.50. The number of hydrogen-bond acceptors (Lipinski definition) is 5. The number of para-hydroxylation sites is 1. The predicted molar refractivity (Wildman–Crippen MR) is 129 cm³/mol. The molecule has 3 rings (SSSR count). The van der Waals surface area contributed by atoms with Gasteiger partial charge in [0, 0.05) is 25.2 Å². The van der Waals surface area contributed by atoms with Crippen LogP contribution in [0.5, 0.6) is 11.5 Å². The molecule has 0 radical (unpaired) electrons. The van der Waals surface area contributed by atoms with Crippen molar-refractivity contribution in [1.82, 2.24) is 15.5 Å². The Hall–Kier alpha value is -3.55. The summed E-state index contributed by atoms with van der Waals surface area (Å²) in [5.41, 5.74) is 0.948. The third-order valence-corrected chi connectivity index (χ3v) is 6.09. The smallest absolute Gasteiger partial charge is 0.257 e. The molecule has 182 valence electrons. The maximum absolute atomic E-state index is 13.0. The Morgan fingerprint density at radius 2 is 1.76 bits per heavy atom. The Kier molecular flexibility index (Phi) is 8.90. The molecule has 0 bridgehead atoms. The largest absolute Gasteiger partial charge is 0.497 e. The van der Waals surface area contributed by atoms with E-state index in [0.717, 1.165) is 6.42 Å². The molecular formula is C26H33N3O5. The summed E-state index contributed by atoms with van der Waals surface area (Å²) in [5, 5.41) is 5.84. The fourth-order valence-electron chi connectivity index (χ4n) is 4.17. The highest BCUT2D eigenvalue weighted by Gasteiger charge is 2.34. The highest BCUT2D eigenvalue weighted by Crippen LogP contribution is 2.26. The quantitative estimate of drug-likeness (QED) is 0.591. The lowest BCUT2D eigenvalue weighted by molar-refractivity contribution is -0.124. The summed E-state index contributed by atoms with van der Waals surface area (Å²) in [5.74, 6) is 0.395. The van der Waals surface area contributed by atoms with Crippen LogP contribution < -0.4 is 20.1 Å². The maximum Gasteiger partial charge on any atom is 0.257 e. The molecule has 1 fully saturated rings. The molecule has 0 aliphatic carbocycles. The Morgan fingerprint density at radius 3 is 2.44 bits per heavy atom. The zero-order valence-corrected chi connectivity index (χ0v) is 20.0. The van der Waals surface area contributed by atoms with Crippen LogP contribution in [0.25, 0.3) is 0 Å². The van der Waals surface area contributed by atoms with Crippen molar-refractivity contribution in [2.75, 3.05) is 33.9 Å². The van der Waals surface area contributed by atoms with Crippen LogP contribution in [-0.2, 0) is 4.79 Å². The van der Waals surface area contributed by atoms with Crippen molar-refractivity contribution in [3.05, 3.63) is 59.7 Å². The van der Waals surface area contributed by atoms with Crippen LogP contribution in [0.3, 0.4) is 0 Å². The molecule has 2 N–H and O–H groups in total. The zero-order valence-electron chi connectivity index (χ0n) is 20.0. The number of piperidine rings is 1. The van der Waals surface area contributed by atoms with Crippen molar-refractivity contribution in [3.63, 3.8) is 0 Å². The van der Waals surface area contributed by atoms with E-state index in [2.05, 4.69) is 10.6 Å². The van der Waals surface area contributed by atoms with Gasteiger partial charge in [-0.1, -0.05) is 25.1 Å². The van der Waals surface area contributed by atoms with Gasteiger partial charge in [0.15, 0.2) is 0 Å². The van der Waals surface area contributed by atoms with Gasteiger partial charge in [-0.25, -0.2) is 0 Å². The summed E-state index contributed by atoms with van der Waals surface area (Å²) < 4.78 is 10.5. The first-order valence-corrected chi connectivity index (χ1v) is 11.6. The summed E-state index contributed by atoms with van der Waals surface area (Å²) >= 11 is 0. The molecule has 0 spiro atoms. The summed E-state index contributed by atoms with van der Waals surface area (Å²) in [4.78, 5) is 40.7. The number of carbonyl (C=O) groups is 3. The lowest BCUT2D eigenvalue weighted by atomic mass is 9.88. The minimum absolute atomic E-state index is 0.0897. The fraction of sp³-hybridized carbons (Fsp3) is 0.423. The van der Waals surface area contributed by atoms with Gasteiger partial charge < -0.3 is 25.0 Å². The average molecular weight is 468 g/mol. The number of likely N-dealkylation sites (tertiary alicyclic amines) is 1. The molecule has 1 heterocycles. The molecule has 3 amide bonds. The molecule has 8 nitrogen and oxygen atoms in total. The first-order chi connectivity index (χ1) is 16.5. The van der Waals surface area contributed by atoms with Gasteiger partial charge in [-0.15, -0.1) is 0 Å². The number of hydrogen-bond donors (Lipinski definition) is 2. The van der Waals surface area contributed by atoms with Crippen LogP contribution in [0.4, 0.5) is 0 Å². The minimum Gasteiger partial charge on any atom is -0.497 e. The van der Waals surface area contributed by atoms with E-state index in [1.54, 1.807) is 48.4 Å². The zero-order chi connectivity index (χ0) is 24.5. The van der Waals surface area contributed by atoms with Gasteiger partial charge in [0.1, 0.15) is 17.5 Å². The molecule has 2 aromatic rings. The van der Waals surface area contributed by atoms with Crippen LogP contribution in [0.2, 0.25) is 0 Å². The first kappa shape index (κ1) is 25.1. The highest BCUT2D eigenvalue weighted by molar-refractivity contribution is 5.98. The highest BCUT2D eigenvalue weighted by atomic mass is 16.5. The molecule has 0 saturated carbocycles. The maximum atomic E-state index is 13.0. The van der Waals surface area contributed by atoms with Crippen molar-refractivity contribution in [2.24, 2.45) is 5.92 Å². The Balaban J connectivity index is 1.70. The van der Waals surface area contributed by atoms with Gasteiger partial charge in [-0.3, -0.25) is 14.4 Å². The van der Waals surface area contributed by atoms with Crippen molar-refractivity contribution >= 4 is 17.7 Å². The van der Waals surface area contributed by atoms with E-state index < -0.39 is 6.04 Å². The number of ether oxygens (including phenoxy) is 2. The molecule has 2 aromatic carbocycles. The monoisotopic (exact) mass is 467 g/mol. The Morgan fingerprint density at radius 1 is 1.03 bits per heavy atom. The molecule has 0 unspecified atom stereocenters. The number of nitrogens with zero attached hydrogens (tertiary/aromatic N) is 1. The molecule has 1 saturated heterocycles. The number of benzene rings is 2. The fourth-order valence-corrected chi connectivity index (χ4v) is 4.17. The van der Waals surface area contributed by atoms with E-state index in [1.165, 1.54) is 7.11 Å². The number of nitrogens with one attached hydrogen (secondary N) is 2. The van der Waals surface area contributed by atoms with Crippen molar-refractivity contribution < 1.29 is 23.9 Å². The summed E-state index contributed by atoms with van der Waals surface area (Å²) in [6, 6.07) is 13.3. The van der Waals surface area contributed by atoms with Gasteiger partial charge >= 0.3 is 0 Å². The summed E-state index contributed by atoms with van der Waals surface area (Å²) in [6.07, 6.45) is 2.00. The van der Waals surface area contributed by atoms with Gasteiger partial charge in [-0.05, 0) is 55.5 Å². The van der Waals surface area contributed by atoms with Gasteiger partial charge in [0.2, 0.25) is 5.91 Å². The van der Waals surface area contributed by atoms with Crippen LogP contribution in [0, 0.1) is 5.92 Å². The standard InChI is InChI=1S/C26H33N3O5/c1-4-14-27-25(31)23(28-24(30)19-8-7-9-20(17-19)33-2)18-12-15-29(16-13-18)26(32)21-10-5-6-11-22(21)34-3/h5-11,17-18,23H,4,12-16H2,1-3H3,(H,27,31)(H,28,30)/t23-/m1/s1. The van der Waals surface area contributed by atoms with E-state index in [4.69, 9.17) is 9.47 Å². The number of methoxy groups -OCH3 is 2. The lowest BCUT2D eigenvalue weighted by Gasteiger charge is -2.36. The van der Waals surface area contributed by atoms with E-state index >= 15 is 0 Å². The first-order valence-electron chi connectivity index (χ1n) is 11.6. The van der Waals surface area contributed by atoms with Gasteiger partial charge in [-0.2, -0.15) is 0 Å². The molecule has 1 aliphatic rings. The van der Waals surface area contributed by atoms with E-state index in [9.17, 15) is 14.4 Å². The van der Waals surface area contributed by atoms with Gasteiger partial charge in [0.25, 0.3) is 11.8 Å². The van der Waals surface area contributed by atoms with E-state index in [1.807, 2.05) is 19.1 Å². The van der Waals surface area contributed by atoms with Crippen molar-refractivity contribution in [2.45, 2.75) is 32.2 Å². The third kappa shape index (κ3) is 6.07. The molecular weight excluding hydrogens is 434 g/mol. The van der Waals surface area contributed by atoms with Crippen LogP contribution in [0.1, 0.15) is 46.9 Å². The number of rotatable bonds is 9. The van der Waals surface area contributed by atoms with Gasteiger partial charge in [0.05, 0.1) is 19.8 Å². The number of amides is 3. The Labute approximate surface area is 200 Å². The molecule has 1 aliphatic heterocycles. The van der Waals surface area contributed by atoms with E-state index in [-0.39, 0.29) is 23.6 Å². The van der Waals surface area contributed by atoms with Crippen molar-refractivity contribution in [1.29, 1.82) is 0 Å². The van der Waals surface area contributed by atoms with Crippen LogP contribution >= 0.6 is 0 Å². The molecule has 1 atom stereocenters. The second kappa shape index (κ2) is 12.1. The third-order valence-electron chi connectivity index (χ3n) is 6.09. The second-order valence-corrected chi connectivity index (χ2v) is 8.30. The number of carbonyl (C=O) groups excluding carboxylic acids is 3. The predicted octanol–water partition coefficient (Wildman–Crippen LogP) is 2.88. The molecule has 0 aromatic heterocycles. The SMILES string of the molecule is CCCNC(=O)[C@H](NC(=O)c1cccc(OC)c1)C1CCN(C(=O)c2ccccc2OC)CC1. The Bertz CT molecular complexity index is 1000. The van der Waals surface area contributed by atoms with Crippen LogP contribution in [0.15, 0.2) is 48.5 Å². The van der Waals surface area contributed by atoms with Crippen molar-refractivity contribution in [3.8, 4) is 11.5 Å². The normalized spacial score (nSPS) is 14.7. The molecule has 34 heavy (non-hydrogen) atoms. The van der Waals surface area contributed by atoms with E-state index in [0.29, 0.717) is 55.1 Å². The lowest BCUT2D eigenvalue weighted by Crippen LogP contribution is -2.54. The molecule has 8 heteroatoms. The summed E-state index contributed by atoms with van der Waals surface area (Å²) in [7, 11) is 3.08. The minimum atomic E-state index is -0.686. The second-order valence-electron chi connectivity index (χ2n) is 8.30. The topological polar surface area (TPSA) is 97.0 Å². The van der Waals surface area contributed by atoms with Crippen LogP contribution in [-0.4, -0.2) is 62.5 Å². The average Bonchev–Trinajstić information content (AvgIpc) is 2.89.